The second-order valence-electron chi connectivity index (χ2n) is 14.2. The molecule has 3 aromatic carbocycles. The van der Waals surface area contributed by atoms with E-state index < -0.39 is 44.6 Å². The van der Waals surface area contributed by atoms with Crippen LogP contribution in [0.25, 0.3) is 0 Å². The van der Waals surface area contributed by atoms with E-state index in [4.69, 9.17) is 28.1 Å². The van der Waals surface area contributed by atoms with Crippen LogP contribution >= 0.6 is 0 Å². The van der Waals surface area contributed by atoms with E-state index in [1.165, 1.54) is 7.11 Å². The van der Waals surface area contributed by atoms with Gasteiger partial charge in [0.15, 0.2) is 5.79 Å². The molecule has 0 N–H and O–H groups in total. The number of esters is 1. The molecule has 0 aliphatic carbocycles. The van der Waals surface area contributed by atoms with Crippen LogP contribution in [0.5, 0.6) is 0 Å². The summed E-state index contributed by atoms with van der Waals surface area (Å²) in [5.74, 6) is -1.33. The normalized spacial score (nSPS) is 19.8. The van der Waals surface area contributed by atoms with Crippen molar-refractivity contribution in [1.29, 1.82) is 0 Å². The van der Waals surface area contributed by atoms with Gasteiger partial charge in [0.05, 0.1) is 26.7 Å². The van der Waals surface area contributed by atoms with Crippen molar-refractivity contribution < 1.29 is 32.9 Å². The van der Waals surface area contributed by atoms with Gasteiger partial charge in [0.25, 0.3) is 0 Å². The molecule has 0 unspecified atom stereocenters. The molecule has 3 aromatic rings. The zero-order chi connectivity index (χ0) is 34.9. The third-order valence-corrected chi connectivity index (χ3v) is 15.6. The summed E-state index contributed by atoms with van der Waals surface area (Å²) in [5, 5.41) is 0. The SMILES string of the molecule is COC(=O)C[C@H]1OC(C)(C)O[C@@H]1[C@@H](OCc1ccccc1)[C@H](O[Si](C(C)C)(C(C)C)C(C)C)[C@H](OCc1ccccc1)c1ccccc1. The lowest BCUT2D eigenvalue weighted by Gasteiger charge is -2.48. The van der Waals surface area contributed by atoms with Gasteiger partial charge >= 0.3 is 5.97 Å². The number of rotatable bonds is 17. The molecule has 1 fully saturated rings. The van der Waals surface area contributed by atoms with E-state index in [9.17, 15) is 4.79 Å². The maximum absolute atomic E-state index is 12.8. The monoisotopic (exact) mass is 676 g/mol. The van der Waals surface area contributed by atoms with Gasteiger partial charge in [-0.05, 0) is 47.2 Å². The molecule has 5 atom stereocenters. The maximum atomic E-state index is 12.8. The Morgan fingerprint density at radius 2 is 1.21 bits per heavy atom. The molecule has 0 radical (unpaired) electrons. The molecular formula is C40H56O7Si. The first kappa shape index (κ1) is 38.0. The smallest absolute Gasteiger partial charge is 0.308 e. The molecule has 1 aliphatic heterocycles. The largest absolute Gasteiger partial charge is 0.469 e. The Morgan fingerprint density at radius 1 is 0.729 bits per heavy atom. The highest BCUT2D eigenvalue weighted by Gasteiger charge is 2.55. The molecule has 7 nitrogen and oxygen atoms in total. The quantitative estimate of drug-likeness (QED) is 0.104. The van der Waals surface area contributed by atoms with Gasteiger partial charge in [-0.2, -0.15) is 0 Å². The fourth-order valence-corrected chi connectivity index (χ4v) is 13.0. The molecule has 1 aliphatic rings. The topological polar surface area (TPSA) is 72.5 Å². The lowest BCUT2D eigenvalue weighted by atomic mass is 9.93. The summed E-state index contributed by atoms with van der Waals surface area (Å²) in [6, 6.07) is 30.5. The van der Waals surface area contributed by atoms with E-state index in [0.29, 0.717) is 29.8 Å². The summed E-state index contributed by atoms with van der Waals surface area (Å²) in [4.78, 5) is 12.8. The van der Waals surface area contributed by atoms with Gasteiger partial charge in [0.1, 0.15) is 30.5 Å². The van der Waals surface area contributed by atoms with Gasteiger partial charge in [0, 0.05) is 0 Å². The molecule has 0 aromatic heterocycles. The third-order valence-electron chi connectivity index (χ3n) is 9.50. The Morgan fingerprint density at radius 3 is 1.69 bits per heavy atom. The Balaban J connectivity index is 1.92. The van der Waals surface area contributed by atoms with Gasteiger partial charge in [-0.3, -0.25) is 4.79 Å². The number of carbonyl (C=O) groups excluding carboxylic acids is 1. The lowest BCUT2D eigenvalue weighted by Crippen LogP contribution is -2.57. The van der Waals surface area contributed by atoms with E-state index in [-0.39, 0.29) is 12.4 Å². The van der Waals surface area contributed by atoms with Crippen molar-refractivity contribution in [2.45, 2.75) is 128 Å². The van der Waals surface area contributed by atoms with Crippen molar-refractivity contribution in [3.05, 3.63) is 108 Å². The van der Waals surface area contributed by atoms with Crippen molar-refractivity contribution in [2.24, 2.45) is 0 Å². The number of ether oxygens (including phenoxy) is 5. The first-order valence-electron chi connectivity index (χ1n) is 17.3. The van der Waals surface area contributed by atoms with Crippen LogP contribution in [0.3, 0.4) is 0 Å². The van der Waals surface area contributed by atoms with Crippen LogP contribution in [0.1, 0.15) is 84.6 Å². The molecule has 48 heavy (non-hydrogen) atoms. The average molecular weight is 677 g/mol. The predicted molar refractivity (Wildman–Crippen MR) is 192 cm³/mol. The number of hydrogen-bond acceptors (Lipinski definition) is 7. The summed E-state index contributed by atoms with van der Waals surface area (Å²) in [6.45, 7) is 18.1. The highest BCUT2D eigenvalue weighted by atomic mass is 28.4. The standard InChI is InChI=1S/C40H56O7Si/c1-28(2)48(29(3)4,30(5)6)47-39(36(33-23-17-12-18-24-33)43-26-31-19-13-10-14-20-31)38(44-27-32-21-15-11-16-22-32)37-34(25-35(41)42-9)45-40(7,8)46-37/h10-24,28-30,34,36-39H,25-27H2,1-9H3/t34-,36-,37+,38-,39-/m1/s1. The van der Waals surface area contributed by atoms with Crippen LogP contribution in [0.15, 0.2) is 91.0 Å². The summed E-state index contributed by atoms with van der Waals surface area (Å²) in [7, 11) is -1.17. The van der Waals surface area contributed by atoms with Crippen LogP contribution < -0.4 is 0 Å². The van der Waals surface area contributed by atoms with Crippen LogP contribution in [0.4, 0.5) is 0 Å². The van der Waals surface area contributed by atoms with E-state index in [1.54, 1.807) is 0 Å². The third kappa shape index (κ3) is 9.43. The van der Waals surface area contributed by atoms with Crippen molar-refractivity contribution in [3.63, 3.8) is 0 Å². The first-order valence-corrected chi connectivity index (χ1v) is 19.5. The highest BCUT2D eigenvalue weighted by Crippen LogP contribution is 2.47. The van der Waals surface area contributed by atoms with Crippen LogP contribution in [0.2, 0.25) is 16.6 Å². The number of benzene rings is 3. The molecular weight excluding hydrogens is 621 g/mol. The Kier molecular flexibility index (Phi) is 13.6. The summed E-state index contributed by atoms with van der Waals surface area (Å²) in [6.07, 6.45) is -3.08. The Labute approximate surface area is 289 Å². The van der Waals surface area contributed by atoms with Crippen LogP contribution in [0, 0.1) is 0 Å². The molecule has 0 spiro atoms. The molecule has 0 amide bonds. The number of hydrogen-bond donors (Lipinski definition) is 0. The fourth-order valence-electron chi connectivity index (χ4n) is 7.42. The van der Waals surface area contributed by atoms with Gasteiger partial charge in [-0.25, -0.2) is 0 Å². The lowest BCUT2D eigenvalue weighted by molar-refractivity contribution is -0.186. The first-order chi connectivity index (χ1) is 22.9. The second-order valence-corrected chi connectivity index (χ2v) is 19.6. The van der Waals surface area contributed by atoms with E-state index >= 15 is 0 Å². The van der Waals surface area contributed by atoms with Crippen molar-refractivity contribution in [1.82, 2.24) is 0 Å². The summed E-state index contributed by atoms with van der Waals surface area (Å²) < 4.78 is 40.0. The average Bonchev–Trinajstić information content (AvgIpc) is 3.37. The van der Waals surface area contributed by atoms with Crippen molar-refractivity contribution in [2.75, 3.05) is 7.11 Å². The minimum atomic E-state index is -2.56. The van der Waals surface area contributed by atoms with Gasteiger partial charge < -0.3 is 28.1 Å². The molecule has 4 rings (SSSR count). The zero-order valence-electron chi connectivity index (χ0n) is 30.3. The van der Waals surface area contributed by atoms with Gasteiger partial charge in [-0.15, -0.1) is 0 Å². The molecule has 0 bridgehead atoms. The van der Waals surface area contributed by atoms with Crippen molar-refractivity contribution >= 4 is 14.3 Å². The second kappa shape index (κ2) is 17.2. The molecule has 8 heteroatoms. The minimum Gasteiger partial charge on any atom is -0.469 e. The van der Waals surface area contributed by atoms with Crippen LogP contribution in [-0.4, -0.2) is 51.6 Å². The molecule has 262 valence electrons. The molecule has 0 saturated carbocycles. The zero-order valence-corrected chi connectivity index (χ0v) is 31.3. The van der Waals surface area contributed by atoms with Crippen molar-refractivity contribution in [3.8, 4) is 0 Å². The molecule has 1 saturated heterocycles. The Hall–Kier alpha value is -2.85. The minimum absolute atomic E-state index is 0.0184. The maximum Gasteiger partial charge on any atom is 0.308 e. The molecule has 1 heterocycles. The van der Waals surface area contributed by atoms with E-state index in [2.05, 4.69) is 65.8 Å². The number of carbonyl (C=O) groups is 1. The number of methoxy groups -OCH3 is 1. The summed E-state index contributed by atoms with van der Waals surface area (Å²) in [5.41, 5.74) is 3.94. The fraction of sp³-hybridized carbons (Fsp3) is 0.525. The van der Waals surface area contributed by atoms with Gasteiger partial charge in [-0.1, -0.05) is 133 Å². The predicted octanol–water partition coefficient (Wildman–Crippen LogP) is 9.17. The Bertz CT molecular complexity index is 1360. The van der Waals surface area contributed by atoms with Gasteiger partial charge in [0.2, 0.25) is 8.32 Å². The summed E-state index contributed by atoms with van der Waals surface area (Å²) >= 11 is 0. The van der Waals surface area contributed by atoms with E-state index in [1.807, 2.05) is 80.6 Å². The van der Waals surface area contributed by atoms with Crippen LogP contribution in [-0.2, 0) is 46.1 Å². The van der Waals surface area contributed by atoms with E-state index in [0.717, 1.165) is 16.7 Å². The highest BCUT2D eigenvalue weighted by molar-refractivity contribution is 6.77.